The highest BCUT2D eigenvalue weighted by Gasteiger charge is 2.21. The summed E-state index contributed by atoms with van der Waals surface area (Å²) in [7, 11) is 0. The van der Waals surface area contributed by atoms with Crippen LogP contribution >= 0.6 is 0 Å². The minimum Gasteiger partial charge on any atom is -0.456 e. The molecule has 0 saturated carbocycles. The first-order valence-electron chi connectivity index (χ1n) is 22.2. The molecule has 0 spiro atoms. The molecule has 0 N–H and O–H groups in total. The summed E-state index contributed by atoms with van der Waals surface area (Å²) in [6.45, 7) is 0. The predicted molar refractivity (Wildman–Crippen MR) is 274 cm³/mol. The molecule has 13 rings (SSSR count). The summed E-state index contributed by atoms with van der Waals surface area (Å²) < 4.78 is 8.78. The van der Waals surface area contributed by atoms with Crippen molar-refractivity contribution in [2.45, 2.75) is 0 Å². The molecule has 11 aromatic carbocycles. The highest BCUT2D eigenvalue weighted by Crippen LogP contribution is 2.46. The van der Waals surface area contributed by atoms with Gasteiger partial charge in [0.15, 0.2) is 0 Å². The molecule has 0 bridgehead atoms. The maximum atomic E-state index is 6.41. The van der Waals surface area contributed by atoms with E-state index < -0.39 is 0 Å². The topological polar surface area (TPSA) is 21.3 Å². The number of hydrogen-bond donors (Lipinski definition) is 0. The number of furan rings is 1. The lowest BCUT2D eigenvalue weighted by atomic mass is 9.96. The second-order valence-corrected chi connectivity index (χ2v) is 16.9. The predicted octanol–water partition coefficient (Wildman–Crippen LogP) is 17.5. The molecule has 0 unspecified atom stereocenters. The van der Waals surface area contributed by atoms with E-state index in [9.17, 15) is 0 Å². The average Bonchev–Trinajstić information content (AvgIpc) is 3.93. The highest BCUT2D eigenvalue weighted by atomic mass is 16.3. The minimum absolute atomic E-state index is 0.879. The zero-order valence-electron chi connectivity index (χ0n) is 35.4. The maximum absolute atomic E-state index is 6.41. The fourth-order valence-corrected chi connectivity index (χ4v) is 10.1. The van der Waals surface area contributed by atoms with Crippen molar-refractivity contribution in [3.05, 3.63) is 243 Å². The number of anilines is 3. The van der Waals surface area contributed by atoms with E-state index in [4.69, 9.17) is 4.42 Å². The first kappa shape index (κ1) is 36.9. The molecule has 0 aliphatic carbocycles. The first-order valence-corrected chi connectivity index (χ1v) is 22.2. The van der Waals surface area contributed by atoms with Gasteiger partial charge in [0.05, 0.1) is 16.7 Å². The Balaban J connectivity index is 0.932. The van der Waals surface area contributed by atoms with Crippen molar-refractivity contribution in [2.24, 2.45) is 0 Å². The second-order valence-electron chi connectivity index (χ2n) is 16.9. The van der Waals surface area contributed by atoms with Gasteiger partial charge in [-0.2, -0.15) is 0 Å². The van der Waals surface area contributed by atoms with E-state index in [0.29, 0.717) is 0 Å². The van der Waals surface area contributed by atoms with Crippen molar-refractivity contribution in [3.8, 4) is 39.1 Å². The van der Waals surface area contributed by atoms with Crippen LogP contribution in [0.15, 0.2) is 247 Å². The Morgan fingerprint density at radius 1 is 0.323 bits per heavy atom. The van der Waals surface area contributed by atoms with Crippen molar-refractivity contribution < 1.29 is 4.42 Å². The lowest BCUT2D eigenvalue weighted by Crippen LogP contribution is -2.11. The van der Waals surface area contributed by atoms with Gasteiger partial charge in [0.25, 0.3) is 0 Å². The number of fused-ring (bicyclic) bond motifs is 9. The van der Waals surface area contributed by atoms with Crippen LogP contribution in [-0.2, 0) is 0 Å². The molecule has 0 saturated heterocycles. The number of para-hydroxylation sites is 4. The van der Waals surface area contributed by atoms with E-state index in [1.54, 1.807) is 0 Å². The molecule has 2 heterocycles. The number of rotatable bonds is 7. The number of nitrogens with zero attached hydrogens (tertiary/aromatic N) is 2. The van der Waals surface area contributed by atoms with E-state index in [0.717, 1.165) is 72.5 Å². The van der Waals surface area contributed by atoms with E-state index in [1.165, 1.54) is 48.9 Å². The van der Waals surface area contributed by atoms with E-state index in [1.807, 2.05) is 6.07 Å². The van der Waals surface area contributed by atoms with Crippen LogP contribution in [0, 0.1) is 0 Å². The molecule has 0 aliphatic rings. The van der Waals surface area contributed by atoms with Crippen molar-refractivity contribution in [3.63, 3.8) is 0 Å². The van der Waals surface area contributed by atoms with Crippen LogP contribution < -0.4 is 4.90 Å². The Morgan fingerprint density at radius 3 is 1.69 bits per heavy atom. The fourth-order valence-electron chi connectivity index (χ4n) is 10.1. The van der Waals surface area contributed by atoms with Gasteiger partial charge in [-0.25, -0.2) is 0 Å². The number of benzene rings is 11. The van der Waals surface area contributed by atoms with Crippen molar-refractivity contribution in [1.82, 2.24) is 4.57 Å². The summed E-state index contributed by atoms with van der Waals surface area (Å²) in [4.78, 5) is 2.41. The van der Waals surface area contributed by atoms with Gasteiger partial charge in [-0.3, -0.25) is 0 Å². The Morgan fingerprint density at radius 2 is 0.892 bits per heavy atom. The summed E-state index contributed by atoms with van der Waals surface area (Å²) in [5.41, 5.74) is 15.5. The number of aromatic nitrogens is 1. The van der Waals surface area contributed by atoms with Crippen LogP contribution in [0.5, 0.6) is 0 Å². The average molecular weight is 829 g/mol. The molecule has 0 radical (unpaired) electrons. The Bertz CT molecular complexity index is 3900. The molecular formula is C62H40N2O. The van der Waals surface area contributed by atoms with Crippen molar-refractivity contribution in [1.29, 1.82) is 0 Å². The normalized spacial score (nSPS) is 11.7. The third-order valence-electron chi connectivity index (χ3n) is 13.2. The zero-order chi connectivity index (χ0) is 42.8. The summed E-state index contributed by atoms with van der Waals surface area (Å²) in [6, 6.07) is 87.8. The molecule has 3 heteroatoms. The molecule has 2 aromatic heterocycles. The monoisotopic (exact) mass is 828 g/mol. The Labute approximate surface area is 376 Å². The molecule has 13 aromatic rings. The van der Waals surface area contributed by atoms with Crippen LogP contribution in [0.25, 0.3) is 104 Å². The van der Waals surface area contributed by atoms with Gasteiger partial charge in [0.2, 0.25) is 0 Å². The van der Waals surface area contributed by atoms with Crippen LogP contribution in [0.3, 0.4) is 0 Å². The molecule has 65 heavy (non-hydrogen) atoms. The Kier molecular flexibility index (Phi) is 8.53. The van der Waals surface area contributed by atoms with Gasteiger partial charge in [-0.1, -0.05) is 170 Å². The van der Waals surface area contributed by atoms with Crippen molar-refractivity contribution in [2.75, 3.05) is 4.90 Å². The molecular weight excluding hydrogens is 789 g/mol. The first-order chi connectivity index (χ1) is 32.2. The summed E-state index contributed by atoms with van der Waals surface area (Å²) in [5.74, 6) is 0. The highest BCUT2D eigenvalue weighted by molar-refractivity contribution is 6.14. The Hall–Kier alpha value is -8.66. The fraction of sp³-hybridized carbons (Fsp3) is 0. The van der Waals surface area contributed by atoms with Gasteiger partial charge >= 0.3 is 0 Å². The summed E-state index contributed by atoms with van der Waals surface area (Å²) in [5, 5.41) is 9.78. The lowest BCUT2D eigenvalue weighted by molar-refractivity contribution is 0.669. The number of hydrogen-bond acceptors (Lipinski definition) is 2. The molecule has 0 amide bonds. The SMILES string of the molecule is c1cc(-c2ccc3c(ccc4ccccc43)c2)cc(N(c2ccc(-c3ccc(-n4c5ccccc5c5ccccc54)cc3)cc2)c2ccccc2-c2cccc3oc4ccccc4c23)c1. The molecule has 0 fully saturated rings. The van der Waals surface area contributed by atoms with E-state index >= 15 is 0 Å². The van der Waals surface area contributed by atoms with Crippen LogP contribution in [0.2, 0.25) is 0 Å². The minimum atomic E-state index is 0.879. The zero-order valence-corrected chi connectivity index (χ0v) is 35.4. The standard InChI is InChI=1S/C62H40N2O/c1-2-16-50-43(13-1)27-28-46-39-45(33-38-51(46)50)44-14-11-15-49(40-44)63(57-22-7-5-19-54(57)55-21-12-26-61-62(55)56-20-6-10-25-60(56)65-61)47-34-29-41(30-35-47)42-31-36-48(37-32-42)64-58-23-8-3-17-52(58)53-18-4-9-24-59(53)64/h1-40H. The van der Waals surface area contributed by atoms with Crippen LogP contribution in [0.1, 0.15) is 0 Å². The summed E-state index contributed by atoms with van der Waals surface area (Å²) >= 11 is 0. The maximum Gasteiger partial charge on any atom is 0.136 e. The smallest absolute Gasteiger partial charge is 0.136 e. The van der Waals surface area contributed by atoms with Gasteiger partial charge in [0, 0.05) is 44.2 Å². The third kappa shape index (κ3) is 6.12. The van der Waals surface area contributed by atoms with Gasteiger partial charge < -0.3 is 13.9 Å². The molecule has 304 valence electrons. The van der Waals surface area contributed by atoms with E-state index in [2.05, 4.69) is 246 Å². The second kappa shape index (κ2) is 15.0. The molecule has 0 atom stereocenters. The summed E-state index contributed by atoms with van der Waals surface area (Å²) in [6.07, 6.45) is 0. The van der Waals surface area contributed by atoms with Crippen LogP contribution in [-0.4, -0.2) is 4.57 Å². The van der Waals surface area contributed by atoms with Crippen LogP contribution in [0.4, 0.5) is 17.1 Å². The largest absolute Gasteiger partial charge is 0.456 e. The quantitative estimate of drug-likeness (QED) is 0.149. The van der Waals surface area contributed by atoms with E-state index in [-0.39, 0.29) is 0 Å². The van der Waals surface area contributed by atoms with Gasteiger partial charge in [-0.05, 0) is 122 Å². The molecule has 3 nitrogen and oxygen atoms in total. The molecule has 0 aliphatic heterocycles. The van der Waals surface area contributed by atoms with Gasteiger partial charge in [0.1, 0.15) is 11.2 Å². The van der Waals surface area contributed by atoms with Crippen molar-refractivity contribution >= 4 is 82.4 Å². The third-order valence-corrected chi connectivity index (χ3v) is 13.2. The van der Waals surface area contributed by atoms with Gasteiger partial charge in [-0.15, -0.1) is 0 Å². The lowest BCUT2D eigenvalue weighted by Gasteiger charge is -2.28.